The van der Waals surface area contributed by atoms with Gasteiger partial charge in [0.2, 0.25) is 0 Å². The molecule has 142 valence electrons. The number of rotatable bonds is 10. The first-order valence-corrected chi connectivity index (χ1v) is 9.32. The molecule has 2 aromatic rings. The molecule has 4 nitrogen and oxygen atoms in total. The minimum atomic E-state index is 0.222. The Morgan fingerprint density at radius 3 is 2.35 bits per heavy atom. The second-order valence-electron chi connectivity index (χ2n) is 5.61. The topological polar surface area (TPSA) is 39.7 Å². The van der Waals surface area contributed by atoms with E-state index in [1.165, 1.54) is 0 Å². The normalized spacial score (nSPS) is 10.8. The Balaban J connectivity index is 2.06. The third-order valence-corrected chi connectivity index (χ3v) is 4.84. The lowest BCUT2D eigenvalue weighted by atomic mass is 10.2. The van der Waals surface area contributed by atoms with Crippen LogP contribution in [0.2, 0.25) is 15.1 Å². The van der Waals surface area contributed by atoms with Gasteiger partial charge < -0.3 is 19.5 Å². The molecular weight excluding hydrogens is 397 g/mol. The fourth-order valence-corrected chi connectivity index (χ4v) is 3.10. The van der Waals surface area contributed by atoms with Gasteiger partial charge in [-0.25, -0.2) is 0 Å². The van der Waals surface area contributed by atoms with E-state index in [9.17, 15) is 0 Å². The average Bonchev–Trinajstić information content (AvgIpc) is 2.62. The van der Waals surface area contributed by atoms with E-state index in [1.807, 2.05) is 6.07 Å². The van der Waals surface area contributed by atoms with Crippen LogP contribution in [-0.2, 0) is 17.9 Å². The second-order valence-corrected chi connectivity index (χ2v) is 6.83. The van der Waals surface area contributed by atoms with Crippen LogP contribution in [0.3, 0.4) is 0 Å². The summed E-state index contributed by atoms with van der Waals surface area (Å²) < 4.78 is 16.3. The smallest absolute Gasteiger partial charge is 0.163 e. The highest BCUT2D eigenvalue weighted by molar-refractivity contribution is 6.36. The van der Waals surface area contributed by atoms with Crippen molar-refractivity contribution in [2.45, 2.75) is 19.6 Å². The van der Waals surface area contributed by atoms with Gasteiger partial charge >= 0.3 is 0 Å². The highest BCUT2D eigenvalue weighted by Crippen LogP contribution is 2.35. The molecule has 0 saturated heterocycles. The van der Waals surface area contributed by atoms with Crippen molar-refractivity contribution in [3.05, 3.63) is 56.5 Å². The standard InChI is InChI=1S/C19H22Cl3NO3/c1-24-8-4-7-23-11-13-9-18(25-2)19(10-17(13)22)26-12-14-15(20)5-3-6-16(14)21/h3,5-6,9-10,23H,4,7-8,11-12H2,1-2H3. The number of halogens is 3. The lowest BCUT2D eigenvalue weighted by molar-refractivity contribution is 0.194. The fourth-order valence-electron chi connectivity index (χ4n) is 2.37. The minimum Gasteiger partial charge on any atom is -0.493 e. The van der Waals surface area contributed by atoms with Crippen LogP contribution in [0, 0.1) is 0 Å². The predicted octanol–water partition coefficient (Wildman–Crippen LogP) is 5.36. The molecule has 0 aliphatic rings. The Kier molecular flexibility index (Phi) is 8.82. The molecule has 0 saturated carbocycles. The monoisotopic (exact) mass is 417 g/mol. The molecule has 0 fully saturated rings. The number of hydrogen-bond acceptors (Lipinski definition) is 4. The molecule has 0 aliphatic heterocycles. The zero-order chi connectivity index (χ0) is 18.9. The van der Waals surface area contributed by atoms with Crippen LogP contribution in [-0.4, -0.2) is 27.4 Å². The number of hydrogen-bond donors (Lipinski definition) is 1. The van der Waals surface area contributed by atoms with Crippen molar-refractivity contribution in [2.24, 2.45) is 0 Å². The SMILES string of the molecule is COCCCNCc1cc(OC)c(OCc2c(Cl)cccc2Cl)cc1Cl. The van der Waals surface area contributed by atoms with Crippen molar-refractivity contribution < 1.29 is 14.2 Å². The molecule has 0 unspecified atom stereocenters. The van der Waals surface area contributed by atoms with Crippen LogP contribution in [0.1, 0.15) is 17.5 Å². The summed E-state index contributed by atoms with van der Waals surface area (Å²) in [6, 6.07) is 8.95. The van der Waals surface area contributed by atoms with Crippen molar-refractivity contribution >= 4 is 34.8 Å². The molecule has 26 heavy (non-hydrogen) atoms. The third-order valence-electron chi connectivity index (χ3n) is 3.78. The molecule has 0 heterocycles. The van der Waals surface area contributed by atoms with Crippen LogP contribution in [0.25, 0.3) is 0 Å². The summed E-state index contributed by atoms with van der Waals surface area (Å²) in [7, 11) is 3.28. The molecule has 0 spiro atoms. The van der Waals surface area contributed by atoms with E-state index in [1.54, 1.807) is 38.5 Å². The molecule has 1 N–H and O–H groups in total. The van der Waals surface area contributed by atoms with Gasteiger partial charge in [-0.1, -0.05) is 40.9 Å². The number of ether oxygens (including phenoxy) is 3. The van der Waals surface area contributed by atoms with Gasteiger partial charge in [-0.15, -0.1) is 0 Å². The summed E-state index contributed by atoms with van der Waals surface area (Å²) in [6.45, 7) is 2.42. The van der Waals surface area contributed by atoms with Gasteiger partial charge in [-0.3, -0.25) is 0 Å². The van der Waals surface area contributed by atoms with E-state index in [0.717, 1.165) is 30.7 Å². The van der Waals surface area contributed by atoms with Gasteiger partial charge in [0.05, 0.1) is 7.11 Å². The van der Waals surface area contributed by atoms with Crippen molar-refractivity contribution in [1.29, 1.82) is 0 Å². The first-order chi connectivity index (χ1) is 12.6. The Morgan fingerprint density at radius 2 is 1.69 bits per heavy atom. The lowest BCUT2D eigenvalue weighted by Gasteiger charge is -2.15. The van der Waals surface area contributed by atoms with Gasteiger partial charge in [0.25, 0.3) is 0 Å². The van der Waals surface area contributed by atoms with E-state index >= 15 is 0 Å². The Labute approximate surface area is 169 Å². The minimum absolute atomic E-state index is 0.222. The van der Waals surface area contributed by atoms with Crippen molar-refractivity contribution in [3.63, 3.8) is 0 Å². The largest absolute Gasteiger partial charge is 0.493 e. The van der Waals surface area contributed by atoms with Crippen LogP contribution in [0.15, 0.2) is 30.3 Å². The maximum Gasteiger partial charge on any atom is 0.163 e. The fraction of sp³-hybridized carbons (Fsp3) is 0.368. The van der Waals surface area contributed by atoms with Crippen LogP contribution < -0.4 is 14.8 Å². The van der Waals surface area contributed by atoms with E-state index in [-0.39, 0.29) is 6.61 Å². The van der Waals surface area contributed by atoms with Crippen LogP contribution >= 0.6 is 34.8 Å². The first-order valence-electron chi connectivity index (χ1n) is 8.18. The van der Waals surface area contributed by atoms with Gasteiger partial charge in [-0.05, 0) is 36.7 Å². The van der Waals surface area contributed by atoms with Crippen molar-refractivity contribution in [3.8, 4) is 11.5 Å². The number of benzene rings is 2. The van der Waals surface area contributed by atoms with Gasteiger partial charge in [0.15, 0.2) is 11.5 Å². The van der Waals surface area contributed by atoms with Gasteiger partial charge in [-0.2, -0.15) is 0 Å². The molecule has 0 radical (unpaired) electrons. The molecule has 2 aromatic carbocycles. The molecule has 7 heteroatoms. The highest BCUT2D eigenvalue weighted by Gasteiger charge is 2.13. The van der Waals surface area contributed by atoms with Crippen LogP contribution in [0.4, 0.5) is 0 Å². The van der Waals surface area contributed by atoms with Crippen molar-refractivity contribution in [1.82, 2.24) is 5.32 Å². The lowest BCUT2D eigenvalue weighted by Crippen LogP contribution is -2.16. The van der Waals surface area contributed by atoms with Crippen LogP contribution in [0.5, 0.6) is 11.5 Å². The highest BCUT2D eigenvalue weighted by atomic mass is 35.5. The molecule has 0 bridgehead atoms. The molecule has 0 amide bonds. The number of methoxy groups -OCH3 is 2. The summed E-state index contributed by atoms with van der Waals surface area (Å²) in [6.07, 6.45) is 0.936. The van der Waals surface area contributed by atoms with Gasteiger partial charge in [0, 0.05) is 47.0 Å². The van der Waals surface area contributed by atoms with Gasteiger partial charge in [0.1, 0.15) is 6.61 Å². The van der Waals surface area contributed by atoms with E-state index in [4.69, 9.17) is 49.0 Å². The molecule has 0 aliphatic carbocycles. The summed E-state index contributed by atoms with van der Waals surface area (Å²) in [5, 5.41) is 5.04. The Bertz CT molecular complexity index is 705. The predicted molar refractivity (Wildman–Crippen MR) is 107 cm³/mol. The zero-order valence-electron chi connectivity index (χ0n) is 14.8. The molecule has 2 rings (SSSR count). The van der Waals surface area contributed by atoms with Crippen molar-refractivity contribution in [2.75, 3.05) is 27.4 Å². The molecule has 0 aromatic heterocycles. The van der Waals surface area contributed by atoms with E-state index in [2.05, 4.69) is 5.32 Å². The zero-order valence-corrected chi connectivity index (χ0v) is 17.0. The molecular formula is C19H22Cl3NO3. The summed E-state index contributed by atoms with van der Waals surface area (Å²) >= 11 is 18.8. The maximum absolute atomic E-state index is 6.39. The third kappa shape index (κ3) is 5.93. The molecule has 0 atom stereocenters. The second kappa shape index (κ2) is 10.9. The van der Waals surface area contributed by atoms with E-state index < -0.39 is 0 Å². The maximum atomic E-state index is 6.39. The Morgan fingerprint density at radius 1 is 0.962 bits per heavy atom. The average molecular weight is 419 g/mol. The first kappa shape index (κ1) is 21.1. The quantitative estimate of drug-likeness (QED) is 0.527. The summed E-state index contributed by atoms with van der Waals surface area (Å²) in [4.78, 5) is 0. The Hall–Kier alpha value is -1.17. The summed E-state index contributed by atoms with van der Waals surface area (Å²) in [5.74, 6) is 1.14. The summed E-state index contributed by atoms with van der Waals surface area (Å²) in [5.41, 5.74) is 1.65. The number of nitrogens with one attached hydrogen (secondary N) is 1. The van der Waals surface area contributed by atoms with E-state index in [0.29, 0.717) is 33.1 Å².